The van der Waals surface area contributed by atoms with E-state index in [0.717, 1.165) is 17.9 Å². The number of nitrogens with zero attached hydrogens (tertiary/aromatic N) is 3. The normalized spacial score (nSPS) is 24.1. The minimum absolute atomic E-state index is 0.0276. The van der Waals surface area contributed by atoms with Gasteiger partial charge in [0.05, 0.1) is 23.6 Å². The third-order valence-corrected chi connectivity index (χ3v) is 5.36. The average molecular weight is 345 g/mol. The van der Waals surface area contributed by atoms with Crippen LogP contribution >= 0.6 is 11.8 Å². The van der Waals surface area contributed by atoms with Crippen LogP contribution in [0.15, 0.2) is 27.2 Å². The highest BCUT2D eigenvalue weighted by atomic mass is 32.2. The molecule has 1 fully saturated rings. The largest absolute Gasteiger partial charge is 0.477 e. The molecule has 5 heterocycles. The van der Waals surface area contributed by atoms with E-state index in [9.17, 15) is 9.59 Å². The Balaban J connectivity index is 1.47. The van der Waals surface area contributed by atoms with Crippen LogP contribution in [0.4, 0.5) is 0 Å². The Hall–Kier alpha value is -2.52. The first kappa shape index (κ1) is 13.9. The van der Waals surface area contributed by atoms with Crippen LogP contribution in [0, 0.1) is 0 Å². The van der Waals surface area contributed by atoms with Gasteiger partial charge in [-0.2, -0.15) is 5.10 Å². The van der Waals surface area contributed by atoms with Crippen molar-refractivity contribution in [2.45, 2.75) is 18.4 Å². The molecule has 0 aliphatic carbocycles. The third kappa shape index (κ3) is 1.76. The van der Waals surface area contributed by atoms with Gasteiger partial charge in [0.25, 0.3) is 5.91 Å². The molecule has 1 N–H and O–H groups in total. The van der Waals surface area contributed by atoms with Crippen molar-refractivity contribution in [1.82, 2.24) is 14.5 Å². The zero-order valence-corrected chi connectivity index (χ0v) is 13.1. The fourth-order valence-corrected chi connectivity index (χ4v) is 4.26. The van der Waals surface area contributed by atoms with E-state index in [1.807, 2.05) is 0 Å². The van der Waals surface area contributed by atoms with Crippen LogP contribution in [0.5, 0.6) is 0 Å². The van der Waals surface area contributed by atoms with Crippen molar-refractivity contribution in [2.75, 3.05) is 6.61 Å². The summed E-state index contributed by atoms with van der Waals surface area (Å²) < 4.78 is 12.8. The van der Waals surface area contributed by atoms with Gasteiger partial charge in [-0.15, -0.1) is 11.8 Å². The first-order chi connectivity index (χ1) is 11.6. The highest BCUT2D eigenvalue weighted by Gasteiger charge is 2.49. The van der Waals surface area contributed by atoms with E-state index in [1.54, 1.807) is 16.7 Å². The van der Waals surface area contributed by atoms with Crippen LogP contribution in [0.1, 0.15) is 17.1 Å². The van der Waals surface area contributed by atoms with Gasteiger partial charge in [-0.25, -0.2) is 9.31 Å². The summed E-state index contributed by atoms with van der Waals surface area (Å²) in [7, 11) is 0. The van der Waals surface area contributed by atoms with Crippen molar-refractivity contribution in [1.29, 1.82) is 0 Å². The second-order valence-corrected chi connectivity index (χ2v) is 6.62. The highest BCUT2D eigenvalue weighted by Crippen LogP contribution is 2.45. The summed E-state index contributed by atoms with van der Waals surface area (Å²) in [6.07, 6.45) is 2.43. The zero-order chi connectivity index (χ0) is 16.4. The molecule has 3 aliphatic heterocycles. The second-order valence-electron chi connectivity index (χ2n) is 5.67. The summed E-state index contributed by atoms with van der Waals surface area (Å²) in [5.41, 5.74) is 2.80. The fourth-order valence-electron chi connectivity index (χ4n) is 3.14. The molecule has 2 aromatic heterocycles. The number of carbonyl (C=O) groups excluding carboxylic acids is 1. The number of fused-ring (bicyclic) bond motifs is 4. The third-order valence-electron chi connectivity index (χ3n) is 4.27. The molecule has 1 unspecified atom stereocenters. The summed E-state index contributed by atoms with van der Waals surface area (Å²) in [5.74, 6) is -0.597. The van der Waals surface area contributed by atoms with E-state index in [0.29, 0.717) is 30.2 Å². The number of aromatic nitrogens is 2. The van der Waals surface area contributed by atoms with Gasteiger partial charge in [0.1, 0.15) is 17.7 Å². The molecule has 24 heavy (non-hydrogen) atoms. The Bertz CT molecular complexity index is 969. The Morgan fingerprint density at radius 1 is 1.50 bits per heavy atom. The van der Waals surface area contributed by atoms with E-state index < -0.39 is 5.97 Å². The first-order valence-electron chi connectivity index (χ1n) is 7.35. The second kappa shape index (κ2) is 4.74. The maximum atomic E-state index is 12.2. The summed E-state index contributed by atoms with van der Waals surface area (Å²) in [6.45, 7) is 1.08. The van der Waals surface area contributed by atoms with Crippen molar-refractivity contribution in [3.8, 4) is 0 Å². The van der Waals surface area contributed by atoms with Gasteiger partial charge >= 0.3 is 5.97 Å². The van der Waals surface area contributed by atoms with Crippen molar-refractivity contribution < 1.29 is 23.8 Å². The number of rotatable bonds is 2. The smallest absolute Gasteiger partial charge is 0.353 e. The zero-order valence-electron chi connectivity index (χ0n) is 12.3. The standard InChI is InChI=1S/C15H11N3O5S/c19-13-8(14-17(13)10(6-24-14)15(20)21)3-7-4-12-18(16-7)9-1-2-22-5-11(9)23-12/h3-4,6,14H,1-2,5H2,(H,20,21). The first-order valence-corrected chi connectivity index (χ1v) is 8.30. The summed E-state index contributed by atoms with van der Waals surface area (Å²) in [5, 5.41) is 14.8. The number of carbonyl (C=O) groups is 2. The highest BCUT2D eigenvalue weighted by molar-refractivity contribution is 8.03. The fraction of sp³-hybridized carbons (Fsp3) is 0.267. The van der Waals surface area contributed by atoms with Gasteiger partial charge in [0, 0.05) is 17.9 Å². The van der Waals surface area contributed by atoms with Gasteiger partial charge in [-0.05, 0) is 6.08 Å². The minimum Gasteiger partial charge on any atom is -0.477 e. The van der Waals surface area contributed by atoms with Crippen molar-refractivity contribution in [3.63, 3.8) is 0 Å². The number of carboxylic acid groups (broad SMARTS) is 1. The average Bonchev–Trinajstić information content (AvgIpc) is 3.22. The Morgan fingerprint density at radius 3 is 3.21 bits per heavy atom. The molecule has 1 amide bonds. The number of hydrogen-bond donors (Lipinski definition) is 1. The number of oxazole rings is 1. The van der Waals surface area contributed by atoms with Gasteiger partial charge in [-0.1, -0.05) is 0 Å². The molecule has 2 aromatic rings. The van der Waals surface area contributed by atoms with E-state index in [-0.39, 0.29) is 17.0 Å². The molecule has 1 saturated heterocycles. The number of amides is 1. The lowest BCUT2D eigenvalue weighted by Crippen LogP contribution is -2.51. The molecule has 0 spiro atoms. The molecular weight excluding hydrogens is 334 g/mol. The Kier molecular flexibility index (Phi) is 2.74. The van der Waals surface area contributed by atoms with Crippen LogP contribution in [0.3, 0.4) is 0 Å². The number of carboxylic acids is 1. The van der Waals surface area contributed by atoms with Gasteiger partial charge < -0.3 is 14.3 Å². The van der Waals surface area contributed by atoms with Crippen LogP contribution < -0.4 is 0 Å². The summed E-state index contributed by atoms with van der Waals surface area (Å²) in [4.78, 5) is 24.6. The molecule has 0 saturated carbocycles. The van der Waals surface area contributed by atoms with Crippen LogP contribution in [0.25, 0.3) is 11.8 Å². The van der Waals surface area contributed by atoms with Gasteiger partial charge in [0.2, 0.25) is 5.71 Å². The molecular formula is C15H11N3O5S. The molecule has 0 radical (unpaired) electrons. The van der Waals surface area contributed by atoms with Crippen LogP contribution in [-0.4, -0.2) is 43.5 Å². The van der Waals surface area contributed by atoms with E-state index in [1.165, 1.54) is 22.1 Å². The maximum Gasteiger partial charge on any atom is 0.353 e. The quantitative estimate of drug-likeness (QED) is 0.646. The monoisotopic (exact) mass is 345 g/mol. The number of aliphatic carboxylic acids is 1. The molecule has 1 atom stereocenters. The van der Waals surface area contributed by atoms with Crippen LogP contribution in [-0.2, 0) is 27.4 Å². The lowest BCUT2D eigenvalue weighted by Gasteiger charge is -2.36. The molecule has 9 heteroatoms. The predicted molar refractivity (Wildman–Crippen MR) is 82.7 cm³/mol. The number of thioether (sulfide) groups is 1. The molecule has 8 nitrogen and oxygen atoms in total. The van der Waals surface area contributed by atoms with Crippen molar-refractivity contribution >= 4 is 35.4 Å². The topological polar surface area (TPSA) is 97.3 Å². The SMILES string of the molecule is O=C(O)C1=CSC2C(=Cc3cc4oc5c(n4n3)CCOC5)C(=O)N12. The van der Waals surface area contributed by atoms with E-state index in [4.69, 9.17) is 14.3 Å². The molecule has 0 bridgehead atoms. The maximum absolute atomic E-state index is 12.2. The lowest BCUT2D eigenvalue weighted by molar-refractivity contribution is -0.141. The van der Waals surface area contributed by atoms with Gasteiger partial charge in [-0.3, -0.25) is 9.69 Å². The molecule has 0 aromatic carbocycles. The molecule has 5 rings (SSSR count). The number of ether oxygens (including phenoxy) is 1. The minimum atomic E-state index is -1.09. The Labute approximate surface area is 139 Å². The number of hydrogen-bond acceptors (Lipinski definition) is 6. The molecule has 122 valence electrons. The van der Waals surface area contributed by atoms with E-state index >= 15 is 0 Å². The number of β-lactam (4-membered cyclic amide) rings is 1. The van der Waals surface area contributed by atoms with E-state index in [2.05, 4.69) is 5.10 Å². The Morgan fingerprint density at radius 2 is 2.38 bits per heavy atom. The van der Waals surface area contributed by atoms with Gasteiger partial charge in [0.15, 0.2) is 5.76 Å². The van der Waals surface area contributed by atoms with Crippen molar-refractivity contribution in [2.24, 2.45) is 0 Å². The van der Waals surface area contributed by atoms with Crippen molar-refractivity contribution in [3.05, 3.63) is 39.9 Å². The summed E-state index contributed by atoms with van der Waals surface area (Å²) in [6, 6.07) is 1.77. The lowest BCUT2D eigenvalue weighted by atomic mass is 10.0. The summed E-state index contributed by atoms with van der Waals surface area (Å²) >= 11 is 1.31. The van der Waals surface area contributed by atoms with Crippen LogP contribution in [0.2, 0.25) is 0 Å². The predicted octanol–water partition coefficient (Wildman–Crippen LogP) is 1.22. The molecule has 3 aliphatic rings.